The van der Waals surface area contributed by atoms with Crippen molar-refractivity contribution in [3.63, 3.8) is 0 Å². The number of likely N-dealkylation sites (tertiary alicyclic amines) is 1. The van der Waals surface area contributed by atoms with Crippen molar-refractivity contribution in [2.24, 2.45) is 10.7 Å². The first-order valence-corrected chi connectivity index (χ1v) is 5.97. The Morgan fingerprint density at radius 3 is 2.44 bits per heavy atom. The van der Waals surface area contributed by atoms with E-state index < -0.39 is 0 Å². The van der Waals surface area contributed by atoms with Crippen molar-refractivity contribution >= 4 is 29.9 Å². The van der Waals surface area contributed by atoms with Crippen molar-refractivity contribution in [3.8, 4) is 0 Å². The van der Waals surface area contributed by atoms with Crippen molar-refractivity contribution in [1.29, 1.82) is 0 Å². The molecule has 0 radical (unpaired) electrons. The van der Waals surface area contributed by atoms with Crippen LogP contribution in [0.4, 0.5) is 0 Å². The van der Waals surface area contributed by atoms with Gasteiger partial charge in [0.25, 0.3) is 0 Å². The monoisotopic (exact) mass is 341 g/mol. The maximum atomic E-state index is 5.92. The first-order chi connectivity index (χ1) is 7.34. The summed E-state index contributed by atoms with van der Waals surface area (Å²) in [5.74, 6) is 0.691. The molecule has 1 aliphatic rings. The fourth-order valence-corrected chi connectivity index (χ4v) is 1.77. The zero-order valence-electron chi connectivity index (χ0n) is 10.2. The molecule has 2 N–H and O–H groups in total. The summed E-state index contributed by atoms with van der Waals surface area (Å²) in [4.78, 5) is 6.52. The van der Waals surface area contributed by atoms with E-state index in [1.165, 1.54) is 25.7 Å². The number of aliphatic imine (C=N–C) groups is 1. The third-order valence-corrected chi connectivity index (χ3v) is 2.64. The third kappa shape index (κ3) is 6.52. The molecule has 1 heterocycles. The SMILES string of the molecule is CCOCCN=C(N)N1CCCCCC1.I. The zero-order chi connectivity index (χ0) is 10.9. The fraction of sp³-hybridized carbons (Fsp3) is 0.909. The van der Waals surface area contributed by atoms with Crippen LogP contribution in [0.5, 0.6) is 0 Å². The van der Waals surface area contributed by atoms with Gasteiger partial charge in [-0.2, -0.15) is 0 Å². The van der Waals surface area contributed by atoms with E-state index in [0.717, 1.165) is 19.7 Å². The summed E-state index contributed by atoms with van der Waals surface area (Å²) < 4.78 is 5.21. The van der Waals surface area contributed by atoms with Crippen LogP contribution < -0.4 is 5.73 Å². The van der Waals surface area contributed by atoms with Gasteiger partial charge in [-0.15, -0.1) is 24.0 Å². The van der Waals surface area contributed by atoms with Crippen molar-refractivity contribution in [3.05, 3.63) is 0 Å². The van der Waals surface area contributed by atoms with Crippen molar-refractivity contribution in [1.82, 2.24) is 4.90 Å². The Bertz CT molecular complexity index is 192. The first kappa shape index (κ1) is 16.0. The Kier molecular flexibility index (Phi) is 10.1. The van der Waals surface area contributed by atoms with Crippen molar-refractivity contribution in [2.75, 3.05) is 32.8 Å². The normalized spacial score (nSPS) is 17.8. The summed E-state index contributed by atoms with van der Waals surface area (Å²) in [6, 6.07) is 0. The van der Waals surface area contributed by atoms with Gasteiger partial charge in [-0.1, -0.05) is 12.8 Å². The summed E-state index contributed by atoms with van der Waals surface area (Å²) >= 11 is 0. The number of rotatable bonds is 4. The Morgan fingerprint density at radius 2 is 1.88 bits per heavy atom. The Hall–Kier alpha value is -0.0400. The summed E-state index contributed by atoms with van der Waals surface area (Å²) in [6.45, 7) is 6.20. The number of halogens is 1. The largest absolute Gasteiger partial charge is 0.380 e. The van der Waals surface area contributed by atoms with Gasteiger partial charge >= 0.3 is 0 Å². The molecule has 0 bridgehead atoms. The van der Waals surface area contributed by atoms with Crippen LogP contribution in [-0.2, 0) is 4.74 Å². The van der Waals surface area contributed by atoms with E-state index in [9.17, 15) is 0 Å². The molecule has 0 spiro atoms. The van der Waals surface area contributed by atoms with Gasteiger partial charge in [-0.25, -0.2) is 0 Å². The standard InChI is InChI=1S/C11H23N3O.HI/c1-2-15-10-7-13-11(12)14-8-5-3-4-6-9-14;/h2-10H2,1H3,(H2,12,13);1H. The van der Waals surface area contributed by atoms with Crippen LogP contribution in [-0.4, -0.2) is 43.7 Å². The van der Waals surface area contributed by atoms with Gasteiger partial charge in [0.1, 0.15) is 0 Å². The van der Waals surface area contributed by atoms with Crippen LogP contribution in [0.1, 0.15) is 32.6 Å². The first-order valence-electron chi connectivity index (χ1n) is 5.97. The zero-order valence-corrected chi connectivity index (χ0v) is 12.5. The predicted molar refractivity (Wildman–Crippen MR) is 78.4 cm³/mol. The van der Waals surface area contributed by atoms with Gasteiger partial charge in [-0.05, 0) is 19.8 Å². The molecule has 0 aromatic carbocycles. The lowest BCUT2D eigenvalue weighted by Gasteiger charge is -2.20. The number of nitrogens with two attached hydrogens (primary N) is 1. The van der Waals surface area contributed by atoms with Gasteiger partial charge in [0, 0.05) is 19.7 Å². The number of nitrogens with zero attached hydrogens (tertiary/aromatic N) is 2. The Balaban J connectivity index is 0.00000225. The smallest absolute Gasteiger partial charge is 0.191 e. The highest BCUT2D eigenvalue weighted by molar-refractivity contribution is 14.0. The van der Waals surface area contributed by atoms with E-state index in [1.54, 1.807) is 0 Å². The second kappa shape index (κ2) is 10.1. The average molecular weight is 341 g/mol. The van der Waals surface area contributed by atoms with Crippen molar-refractivity contribution < 1.29 is 4.74 Å². The molecule has 5 heteroatoms. The molecule has 0 aromatic rings. The maximum absolute atomic E-state index is 5.92. The molecule has 0 aliphatic carbocycles. The molecular weight excluding hydrogens is 317 g/mol. The molecule has 0 saturated carbocycles. The van der Waals surface area contributed by atoms with Gasteiger partial charge in [0.05, 0.1) is 13.2 Å². The lowest BCUT2D eigenvalue weighted by Crippen LogP contribution is -2.38. The van der Waals surface area contributed by atoms with E-state index in [4.69, 9.17) is 10.5 Å². The fourth-order valence-electron chi connectivity index (χ4n) is 1.77. The quantitative estimate of drug-likeness (QED) is 0.367. The number of guanidine groups is 1. The number of hydrogen-bond donors (Lipinski definition) is 1. The molecular formula is C11H24IN3O. The molecule has 96 valence electrons. The molecule has 1 fully saturated rings. The lowest BCUT2D eigenvalue weighted by atomic mass is 10.2. The number of hydrogen-bond acceptors (Lipinski definition) is 2. The Labute approximate surface area is 116 Å². The molecule has 1 rings (SSSR count). The molecule has 0 aromatic heterocycles. The highest BCUT2D eigenvalue weighted by Crippen LogP contribution is 2.08. The average Bonchev–Trinajstić information content (AvgIpc) is 2.52. The van der Waals surface area contributed by atoms with Crippen LogP contribution in [0, 0.1) is 0 Å². The summed E-state index contributed by atoms with van der Waals surface area (Å²) in [7, 11) is 0. The summed E-state index contributed by atoms with van der Waals surface area (Å²) in [6.07, 6.45) is 5.12. The van der Waals surface area contributed by atoms with E-state index in [-0.39, 0.29) is 24.0 Å². The van der Waals surface area contributed by atoms with E-state index in [1.807, 2.05) is 6.92 Å². The molecule has 0 atom stereocenters. The van der Waals surface area contributed by atoms with Crippen LogP contribution in [0.25, 0.3) is 0 Å². The topological polar surface area (TPSA) is 50.9 Å². The highest BCUT2D eigenvalue weighted by Gasteiger charge is 2.10. The van der Waals surface area contributed by atoms with Crippen LogP contribution in [0.15, 0.2) is 4.99 Å². The second-order valence-corrected chi connectivity index (χ2v) is 3.84. The minimum absolute atomic E-state index is 0. The Morgan fingerprint density at radius 1 is 1.25 bits per heavy atom. The molecule has 1 saturated heterocycles. The third-order valence-electron chi connectivity index (χ3n) is 2.64. The van der Waals surface area contributed by atoms with Gasteiger partial charge in [0.2, 0.25) is 0 Å². The molecule has 16 heavy (non-hydrogen) atoms. The molecule has 1 aliphatic heterocycles. The highest BCUT2D eigenvalue weighted by atomic mass is 127. The lowest BCUT2D eigenvalue weighted by molar-refractivity contribution is 0.155. The van der Waals surface area contributed by atoms with Crippen LogP contribution in [0.3, 0.4) is 0 Å². The second-order valence-electron chi connectivity index (χ2n) is 3.84. The van der Waals surface area contributed by atoms with E-state index in [0.29, 0.717) is 19.1 Å². The summed E-state index contributed by atoms with van der Waals surface area (Å²) in [5.41, 5.74) is 5.92. The molecule has 0 unspecified atom stereocenters. The summed E-state index contributed by atoms with van der Waals surface area (Å²) in [5, 5.41) is 0. The van der Waals surface area contributed by atoms with E-state index in [2.05, 4.69) is 9.89 Å². The van der Waals surface area contributed by atoms with Gasteiger partial charge < -0.3 is 15.4 Å². The maximum Gasteiger partial charge on any atom is 0.191 e. The minimum Gasteiger partial charge on any atom is -0.380 e. The van der Waals surface area contributed by atoms with Crippen LogP contribution in [0.2, 0.25) is 0 Å². The minimum atomic E-state index is 0. The number of ether oxygens (including phenoxy) is 1. The van der Waals surface area contributed by atoms with Crippen molar-refractivity contribution in [2.45, 2.75) is 32.6 Å². The molecule has 0 amide bonds. The van der Waals surface area contributed by atoms with Gasteiger partial charge in [0.15, 0.2) is 5.96 Å². The van der Waals surface area contributed by atoms with Gasteiger partial charge in [-0.3, -0.25) is 4.99 Å². The van der Waals surface area contributed by atoms with E-state index >= 15 is 0 Å². The molecule has 4 nitrogen and oxygen atoms in total. The predicted octanol–water partition coefficient (Wildman–Crippen LogP) is 1.83. The van der Waals surface area contributed by atoms with Crippen LogP contribution >= 0.6 is 24.0 Å².